The monoisotopic (exact) mass is 250 g/mol. The molecule has 4 heteroatoms. The Morgan fingerprint density at radius 1 is 1.39 bits per heavy atom. The maximum absolute atomic E-state index is 11.8. The number of rotatable bonds is 6. The number of hydrogen-bond acceptors (Lipinski definition) is 3. The standard InChI is InChI=1S/C14H22N2O2/c1-14(2,18-10-15-3)8-9-16-12(11-4-5-11)6-7-13(16)17/h6-7,15H,4-5,8-10H2,1-3H3. The van der Waals surface area contributed by atoms with Crippen molar-refractivity contribution in [3.05, 3.63) is 23.4 Å². The fourth-order valence-electron chi connectivity index (χ4n) is 2.03. The van der Waals surface area contributed by atoms with E-state index >= 15 is 0 Å². The van der Waals surface area contributed by atoms with E-state index < -0.39 is 0 Å². The average Bonchev–Trinajstić information content (AvgIpc) is 3.09. The summed E-state index contributed by atoms with van der Waals surface area (Å²) in [6.45, 7) is 5.37. The first-order chi connectivity index (χ1) is 8.53. The van der Waals surface area contributed by atoms with Crippen LogP contribution in [-0.2, 0) is 9.53 Å². The minimum atomic E-state index is -0.217. The molecular weight excluding hydrogens is 228 g/mol. The summed E-state index contributed by atoms with van der Waals surface area (Å²) < 4.78 is 5.70. The topological polar surface area (TPSA) is 41.6 Å². The van der Waals surface area contributed by atoms with E-state index in [1.54, 1.807) is 6.08 Å². The molecule has 4 nitrogen and oxygen atoms in total. The lowest BCUT2D eigenvalue weighted by molar-refractivity contribution is -0.124. The summed E-state index contributed by atoms with van der Waals surface area (Å²) in [4.78, 5) is 13.7. The van der Waals surface area contributed by atoms with Gasteiger partial charge in [0.2, 0.25) is 0 Å². The zero-order valence-electron chi connectivity index (χ0n) is 11.5. The van der Waals surface area contributed by atoms with Crippen molar-refractivity contribution in [3.8, 4) is 0 Å². The molecule has 1 amide bonds. The third-order valence-corrected chi connectivity index (χ3v) is 3.35. The lowest BCUT2D eigenvalue weighted by atomic mass is 10.0. The molecule has 0 atom stereocenters. The molecule has 1 aliphatic heterocycles. The van der Waals surface area contributed by atoms with Crippen molar-refractivity contribution >= 4 is 5.91 Å². The van der Waals surface area contributed by atoms with E-state index in [1.807, 2.05) is 18.0 Å². The fourth-order valence-corrected chi connectivity index (χ4v) is 2.03. The second-order valence-electron chi connectivity index (χ2n) is 5.46. The molecular formula is C14H22N2O2. The molecule has 0 radical (unpaired) electrons. The summed E-state index contributed by atoms with van der Waals surface area (Å²) in [5.74, 6) is 0.105. The second-order valence-corrected chi connectivity index (χ2v) is 5.46. The van der Waals surface area contributed by atoms with Gasteiger partial charge in [-0.2, -0.15) is 0 Å². The quantitative estimate of drug-likeness (QED) is 0.731. The van der Waals surface area contributed by atoms with Crippen LogP contribution in [0.2, 0.25) is 0 Å². The molecule has 2 rings (SSSR count). The van der Waals surface area contributed by atoms with Gasteiger partial charge in [0.15, 0.2) is 0 Å². The van der Waals surface area contributed by atoms with E-state index in [-0.39, 0.29) is 11.5 Å². The molecule has 1 fully saturated rings. The lowest BCUT2D eigenvalue weighted by Crippen LogP contribution is -2.35. The summed E-state index contributed by atoms with van der Waals surface area (Å²) in [5.41, 5.74) is 2.32. The molecule has 1 saturated carbocycles. The largest absolute Gasteiger partial charge is 0.360 e. The van der Waals surface area contributed by atoms with Crippen molar-refractivity contribution in [2.75, 3.05) is 20.3 Å². The van der Waals surface area contributed by atoms with Gasteiger partial charge in [-0.3, -0.25) is 10.1 Å². The highest BCUT2D eigenvalue weighted by Gasteiger charge is 2.29. The van der Waals surface area contributed by atoms with Crippen LogP contribution in [0.4, 0.5) is 0 Å². The van der Waals surface area contributed by atoms with E-state index in [0.717, 1.165) is 31.5 Å². The van der Waals surface area contributed by atoms with E-state index in [2.05, 4.69) is 19.2 Å². The Kier molecular flexibility index (Phi) is 3.88. The van der Waals surface area contributed by atoms with Gasteiger partial charge in [-0.15, -0.1) is 0 Å². The van der Waals surface area contributed by atoms with Crippen LogP contribution < -0.4 is 5.32 Å². The van der Waals surface area contributed by atoms with Crippen LogP contribution in [0.1, 0.15) is 33.1 Å². The fraction of sp³-hybridized carbons (Fsp3) is 0.643. The van der Waals surface area contributed by atoms with Gasteiger partial charge in [0, 0.05) is 18.3 Å². The highest BCUT2D eigenvalue weighted by molar-refractivity contribution is 5.93. The van der Waals surface area contributed by atoms with Crippen LogP contribution >= 0.6 is 0 Å². The normalized spacial score (nSPS) is 19.1. The van der Waals surface area contributed by atoms with Crippen LogP contribution in [0.3, 0.4) is 0 Å². The van der Waals surface area contributed by atoms with Crippen molar-refractivity contribution in [2.24, 2.45) is 0 Å². The van der Waals surface area contributed by atoms with E-state index in [9.17, 15) is 4.79 Å². The van der Waals surface area contributed by atoms with Crippen LogP contribution in [0.25, 0.3) is 0 Å². The Morgan fingerprint density at radius 3 is 2.72 bits per heavy atom. The van der Waals surface area contributed by atoms with Gasteiger partial charge in [0.1, 0.15) is 0 Å². The van der Waals surface area contributed by atoms with Crippen molar-refractivity contribution < 1.29 is 9.53 Å². The molecule has 2 aliphatic rings. The third kappa shape index (κ3) is 3.21. The molecule has 18 heavy (non-hydrogen) atoms. The first kappa shape index (κ1) is 13.3. The molecule has 1 heterocycles. The first-order valence-corrected chi connectivity index (χ1v) is 6.54. The van der Waals surface area contributed by atoms with E-state index in [4.69, 9.17) is 4.74 Å². The minimum absolute atomic E-state index is 0.105. The van der Waals surface area contributed by atoms with E-state index in [1.165, 1.54) is 5.57 Å². The summed E-state index contributed by atoms with van der Waals surface area (Å²) >= 11 is 0. The first-order valence-electron chi connectivity index (χ1n) is 6.54. The number of amides is 1. The summed E-state index contributed by atoms with van der Waals surface area (Å²) in [7, 11) is 1.86. The number of nitrogens with zero attached hydrogens (tertiary/aromatic N) is 1. The van der Waals surface area contributed by atoms with Crippen molar-refractivity contribution in [3.63, 3.8) is 0 Å². The number of hydrogen-bond donors (Lipinski definition) is 1. The number of nitrogens with one attached hydrogen (secondary N) is 1. The number of ether oxygens (including phenoxy) is 1. The minimum Gasteiger partial charge on any atom is -0.360 e. The van der Waals surface area contributed by atoms with Crippen molar-refractivity contribution in [2.45, 2.75) is 38.7 Å². The summed E-state index contributed by atoms with van der Waals surface area (Å²) in [5, 5.41) is 2.97. The molecule has 0 bridgehead atoms. The molecule has 0 aromatic heterocycles. The smallest absolute Gasteiger partial charge is 0.251 e. The predicted molar refractivity (Wildman–Crippen MR) is 70.8 cm³/mol. The van der Waals surface area contributed by atoms with Gasteiger partial charge in [0.05, 0.1) is 12.3 Å². The summed E-state index contributed by atoms with van der Waals surface area (Å²) in [6, 6.07) is 0. The molecule has 1 aliphatic carbocycles. The highest BCUT2D eigenvalue weighted by atomic mass is 16.5. The zero-order valence-corrected chi connectivity index (χ0v) is 11.5. The Hall–Kier alpha value is -1.13. The number of carbonyl (C=O) groups excluding carboxylic acids is 1. The molecule has 1 N–H and O–H groups in total. The van der Waals surface area contributed by atoms with Crippen LogP contribution in [0, 0.1) is 0 Å². The molecule has 0 aromatic rings. The average molecular weight is 250 g/mol. The van der Waals surface area contributed by atoms with Gasteiger partial charge in [-0.1, -0.05) is 0 Å². The third-order valence-electron chi connectivity index (χ3n) is 3.35. The summed E-state index contributed by atoms with van der Waals surface area (Å²) in [6.07, 6.45) is 6.74. The number of carbonyl (C=O) groups is 1. The van der Waals surface area contributed by atoms with E-state index in [0.29, 0.717) is 6.73 Å². The maximum Gasteiger partial charge on any atom is 0.251 e. The number of allylic oxidation sites excluding steroid dienone is 2. The van der Waals surface area contributed by atoms with Crippen LogP contribution in [0.15, 0.2) is 23.4 Å². The van der Waals surface area contributed by atoms with Gasteiger partial charge in [-0.25, -0.2) is 0 Å². The Labute approximate surface area is 109 Å². The van der Waals surface area contributed by atoms with Gasteiger partial charge in [-0.05, 0) is 51.8 Å². The Balaban J connectivity index is 1.90. The maximum atomic E-state index is 11.8. The van der Waals surface area contributed by atoms with Gasteiger partial charge in [0.25, 0.3) is 5.91 Å². The molecule has 100 valence electrons. The zero-order chi connectivity index (χ0) is 13.2. The Morgan fingerprint density at radius 2 is 2.11 bits per heavy atom. The van der Waals surface area contributed by atoms with Crippen LogP contribution in [-0.4, -0.2) is 36.7 Å². The molecule has 0 spiro atoms. The molecule has 0 saturated heterocycles. The molecule has 0 unspecified atom stereocenters. The van der Waals surface area contributed by atoms with Crippen molar-refractivity contribution in [1.29, 1.82) is 0 Å². The predicted octanol–water partition coefficient (Wildman–Crippen LogP) is 1.79. The Bertz CT molecular complexity index is 391. The second kappa shape index (κ2) is 5.24. The SMILES string of the molecule is CNCOC(C)(C)CCN1C(=O)C=CC1=C1CC1. The molecule has 0 aromatic carbocycles. The van der Waals surface area contributed by atoms with Gasteiger partial charge < -0.3 is 9.64 Å². The lowest BCUT2D eigenvalue weighted by Gasteiger charge is -2.28. The van der Waals surface area contributed by atoms with Crippen molar-refractivity contribution in [1.82, 2.24) is 10.2 Å². The van der Waals surface area contributed by atoms with Gasteiger partial charge >= 0.3 is 0 Å². The highest BCUT2D eigenvalue weighted by Crippen LogP contribution is 2.36. The van der Waals surface area contributed by atoms with Crippen LogP contribution in [0.5, 0.6) is 0 Å².